The molecule has 1 rings (SSSR count). The summed E-state index contributed by atoms with van der Waals surface area (Å²) >= 11 is 0. The Morgan fingerprint density at radius 2 is 1.87 bits per heavy atom. The van der Waals surface area contributed by atoms with Gasteiger partial charge in [-0.25, -0.2) is 0 Å². The molecule has 0 aliphatic rings. The van der Waals surface area contributed by atoms with Gasteiger partial charge < -0.3 is 9.84 Å². The van der Waals surface area contributed by atoms with Crippen LogP contribution in [0.5, 0.6) is 5.75 Å². The monoisotopic (exact) mass is 208 g/mol. The first kappa shape index (κ1) is 12.1. The van der Waals surface area contributed by atoms with Crippen molar-refractivity contribution < 1.29 is 9.84 Å². The van der Waals surface area contributed by atoms with Gasteiger partial charge >= 0.3 is 0 Å². The third-order valence-corrected chi connectivity index (χ3v) is 2.33. The largest absolute Gasteiger partial charge is 0.463 e. The second-order valence-corrected chi connectivity index (χ2v) is 4.05. The van der Waals surface area contributed by atoms with Crippen molar-refractivity contribution in [2.75, 3.05) is 0 Å². The van der Waals surface area contributed by atoms with Gasteiger partial charge in [-0.3, -0.25) is 0 Å². The number of para-hydroxylation sites is 1. The van der Waals surface area contributed by atoms with E-state index in [0.717, 1.165) is 25.0 Å². The van der Waals surface area contributed by atoms with Crippen LogP contribution in [0.15, 0.2) is 30.3 Å². The van der Waals surface area contributed by atoms with Crippen LogP contribution in [0.2, 0.25) is 0 Å². The lowest BCUT2D eigenvalue weighted by Gasteiger charge is -2.24. The highest BCUT2D eigenvalue weighted by Crippen LogP contribution is 2.20. The van der Waals surface area contributed by atoms with Gasteiger partial charge in [0, 0.05) is 13.3 Å². The van der Waals surface area contributed by atoms with E-state index in [-0.39, 0.29) is 0 Å². The molecule has 0 fully saturated rings. The molecular formula is C13H20O2. The molecule has 2 heteroatoms. The summed E-state index contributed by atoms with van der Waals surface area (Å²) in [6.07, 6.45) is 3.96. The number of ether oxygens (including phenoxy) is 1. The van der Waals surface area contributed by atoms with Crippen LogP contribution in [-0.2, 0) is 0 Å². The van der Waals surface area contributed by atoms with Crippen LogP contribution in [0.25, 0.3) is 0 Å². The van der Waals surface area contributed by atoms with E-state index in [1.807, 2.05) is 30.3 Å². The third-order valence-electron chi connectivity index (χ3n) is 2.33. The minimum absolute atomic E-state index is 0.676. The molecule has 15 heavy (non-hydrogen) atoms. The number of hydrogen-bond acceptors (Lipinski definition) is 2. The summed E-state index contributed by atoms with van der Waals surface area (Å²) in [6, 6.07) is 9.44. The van der Waals surface area contributed by atoms with Gasteiger partial charge in [-0.1, -0.05) is 38.0 Å². The first-order valence-corrected chi connectivity index (χ1v) is 5.60. The predicted octanol–water partition coefficient (Wildman–Crippen LogP) is 3.35. The van der Waals surface area contributed by atoms with E-state index in [1.54, 1.807) is 6.92 Å². The van der Waals surface area contributed by atoms with Crippen molar-refractivity contribution in [3.05, 3.63) is 30.3 Å². The number of aliphatic hydroxyl groups is 1. The maximum atomic E-state index is 9.97. The van der Waals surface area contributed by atoms with E-state index in [1.165, 1.54) is 0 Å². The highest BCUT2D eigenvalue weighted by molar-refractivity contribution is 5.21. The smallest absolute Gasteiger partial charge is 0.205 e. The summed E-state index contributed by atoms with van der Waals surface area (Å²) < 4.78 is 5.50. The highest BCUT2D eigenvalue weighted by atomic mass is 16.6. The molecule has 0 saturated carbocycles. The third kappa shape index (κ3) is 4.84. The van der Waals surface area contributed by atoms with Gasteiger partial charge in [0.15, 0.2) is 0 Å². The molecule has 0 heterocycles. The fourth-order valence-corrected chi connectivity index (χ4v) is 1.50. The van der Waals surface area contributed by atoms with Crippen molar-refractivity contribution in [1.29, 1.82) is 0 Å². The zero-order valence-electron chi connectivity index (χ0n) is 9.57. The Hall–Kier alpha value is -1.02. The van der Waals surface area contributed by atoms with Crippen molar-refractivity contribution in [1.82, 2.24) is 0 Å². The maximum Gasteiger partial charge on any atom is 0.205 e. The molecule has 1 atom stereocenters. The van der Waals surface area contributed by atoms with E-state index in [0.29, 0.717) is 6.42 Å². The molecule has 2 nitrogen and oxygen atoms in total. The van der Waals surface area contributed by atoms with Crippen molar-refractivity contribution >= 4 is 0 Å². The Bertz CT molecular complexity index is 267. The lowest BCUT2D eigenvalue weighted by molar-refractivity contribution is -0.127. The normalized spacial score (nSPS) is 14.6. The lowest BCUT2D eigenvalue weighted by Crippen LogP contribution is -2.31. The van der Waals surface area contributed by atoms with Crippen molar-refractivity contribution in [3.8, 4) is 5.75 Å². The Kier molecular flexibility index (Phi) is 4.63. The second kappa shape index (κ2) is 5.76. The highest BCUT2D eigenvalue weighted by Gasteiger charge is 2.21. The summed E-state index contributed by atoms with van der Waals surface area (Å²) in [5.41, 5.74) is 0. The van der Waals surface area contributed by atoms with Crippen molar-refractivity contribution in [3.63, 3.8) is 0 Å². The van der Waals surface area contributed by atoms with E-state index in [2.05, 4.69) is 6.92 Å². The van der Waals surface area contributed by atoms with Gasteiger partial charge in [0.05, 0.1) is 0 Å². The van der Waals surface area contributed by atoms with E-state index < -0.39 is 5.79 Å². The number of hydrogen-bond donors (Lipinski definition) is 1. The maximum absolute atomic E-state index is 9.97. The summed E-state index contributed by atoms with van der Waals surface area (Å²) in [6.45, 7) is 3.86. The van der Waals surface area contributed by atoms with Gasteiger partial charge in [-0.05, 0) is 18.6 Å². The molecular weight excluding hydrogens is 188 g/mol. The molecule has 1 aromatic rings. The lowest BCUT2D eigenvalue weighted by atomic mass is 10.1. The van der Waals surface area contributed by atoms with Crippen LogP contribution >= 0.6 is 0 Å². The molecule has 84 valence electrons. The van der Waals surface area contributed by atoms with Crippen LogP contribution in [0.4, 0.5) is 0 Å². The zero-order valence-corrected chi connectivity index (χ0v) is 9.57. The molecule has 0 saturated heterocycles. The van der Waals surface area contributed by atoms with Gasteiger partial charge in [-0.15, -0.1) is 0 Å². The average molecular weight is 208 g/mol. The first-order valence-electron chi connectivity index (χ1n) is 5.60. The van der Waals surface area contributed by atoms with Gasteiger partial charge in [-0.2, -0.15) is 0 Å². The number of rotatable bonds is 6. The molecule has 1 unspecified atom stereocenters. The number of unbranched alkanes of at least 4 members (excludes halogenated alkanes) is 2. The van der Waals surface area contributed by atoms with E-state index >= 15 is 0 Å². The predicted molar refractivity (Wildman–Crippen MR) is 61.8 cm³/mol. The summed E-state index contributed by atoms with van der Waals surface area (Å²) in [5, 5.41) is 9.97. The zero-order chi connectivity index (χ0) is 11.1. The SMILES string of the molecule is CCCCCC(C)(O)Oc1ccccc1. The van der Waals surface area contributed by atoms with Gasteiger partial charge in [0.25, 0.3) is 0 Å². The Balaban J connectivity index is 2.42. The Morgan fingerprint density at radius 3 is 2.47 bits per heavy atom. The second-order valence-electron chi connectivity index (χ2n) is 4.05. The van der Waals surface area contributed by atoms with Gasteiger partial charge in [0.1, 0.15) is 5.75 Å². The summed E-state index contributed by atoms with van der Waals surface area (Å²) in [4.78, 5) is 0. The minimum Gasteiger partial charge on any atom is -0.463 e. The molecule has 0 bridgehead atoms. The average Bonchev–Trinajstić information content (AvgIpc) is 2.18. The molecule has 0 aromatic heterocycles. The molecule has 0 amide bonds. The molecule has 1 N–H and O–H groups in total. The molecule has 0 spiro atoms. The minimum atomic E-state index is -1.05. The Morgan fingerprint density at radius 1 is 1.20 bits per heavy atom. The van der Waals surface area contributed by atoms with E-state index in [4.69, 9.17) is 4.74 Å². The van der Waals surface area contributed by atoms with Crippen LogP contribution in [0, 0.1) is 0 Å². The van der Waals surface area contributed by atoms with Crippen molar-refractivity contribution in [2.24, 2.45) is 0 Å². The summed E-state index contributed by atoms with van der Waals surface area (Å²) in [5.74, 6) is -0.324. The first-order chi connectivity index (χ1) is 7.14. The Labute approximate surface area is 91.9 Å². The standard InChI is InChI=1S/C13H20O2/c1-3-4-8-11-13(2,14)15-12-9-6-5-7-10-12/h5-7,9-10,14H,3-4,8,11H2,1-2H3. The fourth-order valence-electron chi connectivity index (χ4n) is 1.50. The van der Waals surface area contributed by atoms with Crippen LogP contribution in [0.3, 0.4) is 0 Å². The topological polar surface area (TPSA) is 29.5 Å². The fraction of sp³-hybridized carbons (Fsp3) is 0.538. The van der Waals surface area contributed by atoms with Crippen molar-refractivity contribution in [2.45, 2.75) is 45.3 Å². The molecule has 1 aromatic carbocycles. The van der Waals surface area contributed by atoms with Crippen LogP contribution in [-0.4, -0.2) is 10.9 Å². The van der Waals surface area contributed by atoms with E-state index in [9.17, 15) is 5.11 Å². The summed E-state index contributed by atoms with van der Waals surface area (Å²) in [7, 11) is 0. The molecule has 0 aliphatic carbocycles. The van der Waals surface area contributed by atoms with Crippen LogP contribution in [0.1, 0.15) is 39.5 Å². The van der Waals surface area contributed by atoms with Crippen LogP contribution < -0.4 is 4.74 Å². The molecule has 0 aliphatic heterocycles. The molecule has 0 radical (unpaired) electrons. The quantitative estimate of drug-likeness (QED) is 0.574. The number of benzene rings is 1. The van der Waals surface area contributed by atoms with Gasteiger partial charge in [0.2, 0.25) is 5.79 Å².